The number of thiophene rings is 3. The molecule has 11 rings (SSSR count). The average Bonchev–Trinajstić information content (AvgIpc) is 3.84. The Labute approximate surface area is 294 Å². The minimum atomic E-state index is 1.25. The Kier molecular flexibility index (Phi) is 5.97. The maximum Gasteiger partial charge on any atom is 0.0542 e. The molecule has 3 aromatic heterocycles. The van der Waals surface area contributed by atoms with E-state index in [1.165, 1.54) is 105 Å². The van der Waals surface area contributed by atoms with E-state index in [1.54, 1.807) is 0 Å². The van der Waals surface area contributed by atoms with E-state index < -0.39 is 0 Å². The molecule has 11 aromatic rings. The molecular formula is C46H26S3. The third kappa shape index (κ3) is 4.47. The molecule has 0 unspecified atom stereocenters. The van der Waals surface area contributed by atoms with Crippen molar-refractivity contribution in [1.82, 2.24) is 0 Å². The Morgan fingerprint density at radius 3 is 1.37 bits per heavy atom. The lowest BCUT2D eigenvalue weighted by atomic mass is 9.96. The summed E-state index contributed by atoms with van der Waals surface area (Å²) in [5, 5.41) is 11.8. The number of fused-ring (bicyclic) bond motifs is 9. The van der Waals surface area contributed by atoms with Gasteiger partial charge in [0.1, 0.15) is 0 Å². The van der Waals surface area contributed by atoms with Crippen LogP contribution in [0.3, 0.4) is 0 Å². The zero-order valence-electron chi connectivity index (χ0n) is 26.2. The van der Waals surface area contributed by atoms with E-state index in [2.05, 4.69) is 158 Å². The third-order valence-electron chi connectivity index (χ3n) is 9.99. The topological polar surface area (TPSA) is 0 Å². The summed E-state index contributed by atoms with van der Waals surface area (Å²) < 4.78 is 6.89. The Morgan fingerprint density at radius 1 is 0.265 bits per heavy atom. The smallest absolute Gasteiger partial charge is 0.0542 e. The van der Waals surface area contributed by atoms with Crippen LogP contribution in [0.5, 0.6) is 0 Å². The van der Waals surface area contributed by atoms with Crippen molar-refractivity contribution < 1.29 is 0 Å². The van der Waals surface area contributed by atoms with Crippen molar-refractivity contribution in [1.29, 1.82) is 0 Å². The second kappa shape index (κ2) is 10.6. The van der Waals surface area contributed by atoms with Gasteiger partial charge in [0.15, 0.2) is 0 Å². The predicted octanol–water partition coefficient (Wildman–Crippen LogP) is 14.9. The molecule has 0 aliphatic heterocycles. The van der Waals surface area contributed by atoms with Crippen molar-refractivity contribution in [3.05, 3.63) is 158 Å². The van der Waals surface area contributed by atoms with Crippen LogP contribution < -0.4 is 0 Å². The van der Waals surface area contributed by atoms with E-state index >= 15 is 0 Å². The zero-order valence-corrected chi connectivity index (χ0v) is 28.7. The summed E-state index contributed by atoms with van der Waals surface area (Å²) in [4.78, 5) is 1.31. The normalized spacial score (nSPS) is 12.1. The van der Waals surface area contributed by atoms with Crippen molar-refractivity contribution in [2.45, 2.75) is 0 Å². The van der Waals surface area contributed by atoms with Crippen LogP contribution in [0.1, 0.15) is 0 Å². The van der Waals surface area contributed by atoms with Crippen molar-refractivity contribution >= 4 is 106 Å². The van der Waals surface area contributed by atoms with Gasteiger partial charge in [0.25, 0.3) is 0 Å². The zero-order chi connectivity index (χ0) is 32.1. The molecule has 3 heteroatoms. The highest BCUT2D eigenvalue weighted by Crippen LogP contribution is 2.46. The van der Waals surface area contributed by atoms with Gasteiger partial charge >= 0.3 is 0 Å². The summed E-state index contributed by atoms with van der Waals surface area (Å²) in [6.07, 6.45) is 0. The molecule has 0 bridgehead atoms. The second-order valence-corrected chi connectivity index (χ2v) is 16.2. The number of rotatable bonds is 3. The molecule has 0 aliphatic carbocycles. The number of hydrogen-bond donors (Lipinski definition) is 0. The Morgan fingerprint density at radius 2 is 0.735 bits per heavy atom. The first-order valence-corrected chi connectivity index (χ1v) is 19.0. The summed E-state index contributed by atoms with van der Waals surface area (Å²) in [6, 6.07) is 58.8. The fourth-order valence-electron chi connectivity index (χ4n) is 7.43. The lowest BCUT2D eigenvalue weighted by molar-refractivity contribution is 1.66. The summed E-state index contributed by atoms with van der Waals surface area (Å²) in [6.45, 7) is 0. The maximum absolute atomic E-state index is 2.40. The van der Waals surface area contributed by atoms with Crippen LogP contribution in [0.25, 0.3) is 105 Å². The highest BCUT2D eigenvalue weighted by Gasteiger charge is 2.15. The van der Waals surface area contributed by atoms with E-state index in [1.807, 2.05) is 34.0 Å². The SMILES string of the molecule is c1ccc(-c2cc3ccc(-c4ccc5cc(-c6ccc7cc8c(cc7c6)sc6c7cc9ccccc9cc7sc86)ccc5c4)cc3s2)cc1. The van der Waals surface area contributed by atoms with Crippen LogP contribution in [0.2, 0.25) is 0 Å². The van der Waals surface area contributed by atoms with Crippen LogP contribution in [-0.2, 0) is 0 Å². The highest BCUT2D eigenvalue weighted by atomic mass is 32.1. The number of hydrogen-bond acceptors (Lipinski definition) is 3. The third-order valence-corrected chi connectivity index (χ3v) is 13.6. The first-order valence-electron chi connectivity index (χ1n) is 16.6. The summed E-state index contributed by atoms with van der Waals surface area (Å²) in [5.41, 5.74) is 6.30. The van der Waals surface area contributed by atoms with Crippen LogP contribution in [0.15, 0.2) is 158 Å². The quantitative estimate of drug-likeness (QED) is 0.175. The first kappa shape index (κ1) is 27.6. The fraction of sp³-hybridized carbons (Fsp3) is 0. The van der Waals surface area contributed by atoms with E-state index in [0.717, 1.165) is 0 Å². The molecule has 0 N–H and O–H groups in total. The van der Waals surface area contributed by atoms with Crippen molar-refractivity contribution in [2.24, 2.45) is 0 Å². The second-order valence-electron chi connectivity index (χ2n) is 13.0. The van der Waals surface area contributed by atoms with Crippen molar-refractivity contribution in [3.63, 3.8) is 0 Å². The molecule has 0 fully saturated rings. The largest absolute Gasteiger partial charge is 0.135 e. The standard InChI is InChI=1S/C46H26S3/c1-2-6-27(7-3-1)41-25-37-17-16-36(23-42(37)47-41)33-13-12-30-18-32(11-10-31(30)19-33)34-14-15-35-22-40-44(26-38(35)20-34)49-45-39-21-28-8-4-5-9-29(28)24-43(39)48-46(40)45/h1-26H. The first-order chi connectivity index (χ1) is 24.2. The summed E-state index contributed by atoms with van der Waals surface area (Å²) >= 11 is 5.74. The lowest BCUT2D eigenvalue weighted by Crippen LogP contribution is -1.82. The van der Waals surface area contributed by atoms with Gasteiger partial charge in [-0.25, -0.2) is 0 Å². The van der Waals surface area contributed by atoms with Gasteiger partial charge in [-0.2, -0.15) is 0 Å². The Balaban J connectivity index is 0.941. The molecule has 49 heavy (non-hydrogen) atoms. The Hall–Kier alpha value is -5.32. The van der Waals surface area contributed by atoms with E-state index in [9.17, 15) is 0 Å². The van der Waals surface area contributed by atoms with Gasteiger partial charge in [-0.3, -0.25) is 0 Å². The van der Waals surface area contributed by atoms with Gasteiger partial charge in [0.05, 0.1) is 9.40 Å². The van der Waals surface area contributed by atoms with E-state index in [0.29, 0.717) is 0 Å². The highest BCUT2D eigenvalue weighted by molar-refractivity contribution is 7.36. The minimum absolute atomic E-state index is 1.25. The van der Waals surface area contributed by atoms with Gasteiger partial charge in [-0.15, -0.1) is 34.0 Å². The molecule has 0 spiro atoms. The van der Waals surface area contributed by atoms with E-state index in [4.69, 9.17) is 0 Å². The van der Waals surface area contributed by atoms with Crippen LogP contribution >= 0.6 is 34.0 Å². The average molecular weight is 675 g/mol. The van der Waals surface area contributed by atoms with Crippen LogP contribution in [0, 0.1) is 0 Å². The van der Waals surface area contributed by atoms with Gasteiger partial charge in [0.2, 0.25) is 0 Å². The monoisotopic (exact) mass is 674 g/mol. The molecule has 0 radical (unpaired) electrons. The van der Waals surface area contributed by atoms with Gasteiger partial charge in [-0.1, -0.05) is 103 Å². The molecule has 0 nitrogen and oxygen atoms in total. The molecule has 8 aromatic carbocycles. The van der Waals surface area contributed by atoms with E-state index in [-0.39, 0.29) is 0 Å². The molecular weight excluding hydrogens is 649 g/mol. The van der Waals surface area contributed by atoms with Crippen LogP contribution in [0.4, 0.5) is 0 Å². The van der Waals surface area contributed by atoms with Gasteiger partial charge in [0, 0.05) is 29.7 Å². The van der Waals surface area contributed by atoms with Crippen molar-refractivity contribution in [2.75, 3.05) is 0 Å². The fourth-order valence-corrected chi connectivity index (χ4v) is 11.2. The number of benzene rings is 8. The molecule has 0 atom stereocenters. The lowest BCUT2D eigenvalue weighted by Gasteiger charge is -2.09. The van der Waals surface area contributed by atoms with Gasteiger partial charge < -0.3 is 0 Å². The minimum Gasteiger partial charge on any atom is -0.135 e. The summed E-state index contributed by atoms with van der Waals surface area (Å²) in [5.74, 6) is 0. The van der Waals surface area contributed by atoms with Crippen molar-refractivity contribution in [3.8, 4) is 32.7 Å². The Bertz CT molecular complexity index is 3100. The molecule has 0 amide bonds. The summed E-state index contributed by atoms with van der Waals surface area (Å²) in [7, 11) is 0. The maximum atomic E-state index is 2.40. The molecule has 0 aliphatic rings. The molecule has 3 heterocycles. The molecule has 0 saturated heterocycles. The van der Waals surface area contributed by atoms with Gasteiger partial charge in [-0.05, 0) is 120 Å². The molecule has 228 valence electrons. The predicted molar refractivity (Wildman–Crippen MR) is 219 cm³/mol. The molecule has 0 saturated carbocycles. The van der Waals surface area contributed by atoms with Crippen LogP contribution in [-0.4, -0.2) is 0 Å².